The molecule has 0 aromatic heterocycles. The van der Waals surface area contributed by atoms with Crippen molar-refractivity contribution >= 4 is 5.78 Å². The van der Waals surface area contributed by atoms with E-state index in [1.807, 2.05) is 0 Å². The smallest absolute Gasteiger partial charge is 0.137 e. The second-order valence-corrected chi connectivity index (χ2v) is 6.43. The third-order valence-electron chi connectivity index (χ3n) is 5.21. The average molecular weight is 235 g/mol. The molecule has 0 radical (unpaired) electrons. The first kappa shape index (κ1) is 11.7. The zero-order valence-electron chi connectivity index (χ0n) is 10.9. The molecule has 17 heavy (non-hydrogen) atoms. The molecule has 2 heteroatoms. The molecule has 2 aliphatic carbocycles. The average Bonchev–Trinajstić information content (AvgIpc) is 2.81. The maximum Gasteiger partial charge on any atom is 0.137 e. The SMILES string of the molecule is O=C1CCCCCC1CN1CC2CCCC2C1. The van der Waals surface area contributed by atoms with Crippen molar-refractivity contribution in [3.63, 3.8) is 0 Å². The summed E-state index contributed by atoms with van der Waals surface area (Å²) in [6.07, 6.45) is 10.0. The largest absolute Gasteiger partial charge is 0.302 e. The number of rotatable bonds is 2. The Balaban J connectivity index is 1.54. The molecule has 0 spiro atoms. The van der Waals surface area contributed by atoms with Gasteiger partial charge < -0.3 is 4.90 Å². The molecule has 1 aliphatic heterocycles. The zero-order chi connectivity index (χ0) is 11.7. The highest BCUT2D eigenvalue weighted by atomic mass is 16.1. The molecule has 3 unspecified atom stereocenters. The summed E-state index contributed by atoms with van der Waals surface area (Å²) in [4.78, 5) is 14.6. The molecule has 3 atom stereocenters. The minimum atomic E-state index is 0.372. The van der Waals surface area contributed by atoms with Crippen LogP contribution in [0.2, 0.25) is 0 Å². The first-order valence-electron chi connectivity index (χ1n) is 7.58. The van der Waals surface area contributed by atoms with Crippen LogP contribution in [0.1, 0.15) is 51.4 Å². The van der Waals surface area contributed by atoms with E-state index in [2.05, 4.69) is 4.90 Å². The fraction of sp³-hybridized carbons (Fsp3) is 0.933. The van der Waals surface area contributed by atoms with Crippen LogP contribution in [-0.4, -0.2) is 30.3 Å². The molecule has 0 bridgehead atoms. The fourth-order valence-corrected chi connectivity index (χ4v) is 4.22. The summed E-state index contributed by atoms with van der Waals surface area (Å²) in [6, 6.07) is 0. The van der Waals surface area contributed by atoms with Gasteiger partial charge in [0, 0.05) is 32.0 Å². The monoisotopic (exact) mass is 235 g/mol. The topological polar surface area (TPSA) is 20.3 Å². The highest BCUT2D eigenvalue weighted by molar-refractivity contribution is 5.81. The Kier molecular flexibility index (Phi) is 3.51. The second kappa shape index (κ2) is 5.09. The van der Waals surface area contributed by atoms with E-state index in [0.717, 1.165) is 37.6 Å². The first-order valence-corrected chi connectivity index (χ1v) is 7.58. The Morgan fingerprint density at radius 1 is 0.941 bits per heavy atom. The summed E-state index contributed by atoms with van der Waals surface area (Å²) in [5, 5.41) is 0. The molecule has 2 nitrogen and oxygen atoms in total. The summed E-state index contributed by atoms with van der Waals surface area (Å²) in [7, 11) is 0. The van der Waals surface area contributed by atoms with Gasteiger partial charge in [-0.1, -0.05) is 19.3 Å². The number of nitrogens with zero attached hydrogens (tertiary/aromatic N) is 1. The van der Waals surface area contributed by atoms with E-state index in [-0.39, 0.29) is 0 Å². The van der Waals surface area contributed by atoms with Gasteiger partial charge in [-0.2, -0.15) is 0 Å². The predicted molar refractivity (Wildman–Crippen MR) is 68.9 cm³/mol. The maximum atomic E-state index is 12.0. The van der Waals surface area contributed by atoms with Gasteiger partial charge in [-0.15, -0.1) is 0 Å². The van der Waals surface area contributed by atoms with Crippen LogP contribution in [0.4, 0.5) is 0 Å². The van der Waals surface area contributed by atoms with E-state index < -0.39 is 0 Å². The quantitative estimate of drug-likeness (QED) is 0.686. The van der Waals surface area contributed by atoms with Crippen LogP contribution < -0.4 is 0 Å². The number of ketones is 1. The van der Waals surface area contributed by atoms with E-state index >= 15 is 0 Å². The normalized spacial score (nSPS) is 39.3. The van der Waals surface area contributed by atoms with Crippen LogP contribution in [0.25, 0.3) is 0 Å². The molecule has 0 aromatic rings. The maximum absolute atomic E-state index is 12.0. The van der Waals surface area contributed by atoms with Crippen molar-refractivity contribution in [3.8, 4) is 0 Å². The summed E-state index contributed by atoms with van der Waals surface area (Å²) in [6.45, 7) is 3.65. The van der Waals surface area contributed by atoms with Crippen molar-refractivity contribution in [1.29, 1.82) is 0 Å². The third kappa shape index (κ3) is 2.57. The van der Waals surface area contributed by atoms with Crippen molar-refractivity contribution in [1.82, 2.24) is 4.90 Å². The summed E-state index contributed by atoms with van der Waals surface area (Å²) in [5.41, 5.74) is 0. The Morgan fingerprint density at radius 2 is 1.71 bits per heavy atom. The van der Waals surface area contributed by atoms with Crippen molar-refractivity contribution in [3.05, 3.63) is 0 Å². The number of hydrogen-bond donors (Lipinski definition) is 0. The highest BCUT2D eigenvalue weighted by Crippen LogP contribution is 2.38. The zero-order valence-corrected chi connectivity index (χ0v) is 10.9. The lowest BCUT2D eigenvalue weighted by atomic mass is 9.98. The standard InChI is InChI=1S/C15H25NO/c17-15-8-3-1-2-5-14(15)11-16-9-12-6-4-7-13(12)10-16/h12-14H,1-11H2. The summed E-state index contributed by atoms with van der Waals surface area (Å²) in [5.74, 6) is 2.86. The van der Waals surface area contributed by atoms with Crippen molar-refractivity contribution < 1.29 is 4.79 Å². The lowest BCUT2D eigenvalue weighted by Gasteiger charge is -2.22. The van der Waals surface area contributed by atoms with Gasteiger partial charge in [0.25, 0.3) is 0 Å². The lowest BCUT2D eigenvalue weighted by Crippen LogP contribution is -2.31. The van der Waals surface area contributed by atoms with E-state index in [1.165, 1.54) is 45.2 Å². The van der Waals surface area contributed by atoms with Gasteiger partial charge in [-0.3, -0.25) is 4.79 Å². The van der Waals surface area contributed by atoms with Crippen LogP contribution in [0.3, 0.4) is 0 Å². The molecule has 1 saturated heterocycles. The van der Waals surface area contributed by atoms with Gasteiger partial charge in [-0.25, -0.2) is 0 Å². The number of carbonyl (C=O) groups excluding carboxylic acids is 1. The molecule has 3 rings (SSSR count). The molecule has 3 fully saturated rings. The van der Waals surface area contributed by atoms with Crippen molar-refractivity contribution in [2.45, 2.75) is 51.4 Å². The number of carbonyl (C=O) groups is 1. The van der Waals surface area contributed by atoms with E-state index in [9.17, 15) is 4.79 Å². The molecule has 0 aromatic carbocycles. The number of fused-ring (bicyclic) bond motifs is 1. The fourth-order valence-electron chi connectivity index (χ4n) is 4.22. The Morgan fingerprint density at radius 3 is 2.47 bits per heavy atom. The van der Waals surface area contributed by atoms with Gasteiger partial charge in [0.15, 0.2) is 0 Å². The van der Waals surface area contributed by atoms with Gasteiger partial charge in [0.1, 0.15) is 5.78 Å². The molecule has 1 heterocycles. The van der Waals surface area contributed by atoms with E-state index in [1.54, 1.807) is 0 Å². The highest BCUT2D eigenvalue weighted by Gasteiger charge is 2.37. The van der Waals surface area contributed by atoms with Crippen LogP contribution >= 0.6 is 0 Å². The van der Waals surface area contributed by atoms with E-state index in [0.29, 0.717) is 11.7 Å². The summed E-state index contributed by atoms with van der Waals surface area (Å²) >= 11 is 0. The molecule has 3 aliphatic rings. The molecular weight excluding hydrogens is 210 g/mol. The molecule has 2 saturated carbocycles. The van der Waals surface area contributed by atoms with Crippen LogP contribution in [0.5, 0.6) is 0 Å². The van der Waals surface area contributed by atoms with Crippen molar-refractivity contribution in [2.24, 2.45) is 17.8 Å². The lowest BCUT2D eigenvalue weighted by molar-refractivity contribution is -0.123. The Bertz CT molecular complexity index is 277. The predicted octanol–water partition coefficient (Wildman–Crippen LogP) is 2.87. The molecule has 0 amide bonds. The van der Waals surface area contributed by atoms with Crippen molar-refractivity contribution in [2.75, 3.05) is 19.6 Å². The van der Waals surface area contributed by atoms with Crippen LogP contribution in [0, 0.1) is 17.8 Å². The first-order chi connectivity index (χ1) is 8.33. The van der Waals surface area contributed by atoms with Crippen LogP contribution in [-0.2, 0) is 4.79 Å². The number of likely N-dealkylation sites (tertiary alicyclic amines) is 1. The van der Waals surface area contributed by atoms with Gasteiger partial charge in [-0.05, 0) is 37.5 Å². The van der Waals surface area contributed by atoms with Gasteiger partial charge >= 0.3 is 0 Å². The second-order valence-electron chi connectivity index (χ2n) is 6.43. The molecule has 96 valence electrons. The number of Topliss-reactive ketones (excluding diaryl/α,β-unsaturated/α-hetero) is 1. The van der Waals surface area contributed by atoms with Gasteiger partial charge in [0.2, 0.25) is 0 Å². The summed E-state index contributed by atoms with van der Waals surface area (Å²) < 4.78 is 0. The molecular formula is C15H25NO. The Hall–Kier alpha value is -0.370. The minimum Gasteiger partial charge on any atom is -0.302 e. The Labute approximate surface area is 105 Å². The number of hydrogen-bond acceptors (Lipinski definition) is 2. The third-order valence-corrected chi connectivity index (χ3v) is 5.21. The van der Waals surface area contributed by atoms with Crippen LogP contribution in [0.15, 0.2) is 0 Å². The molecule has 0 N–H and O–H groups in total. The minimum absolute atomic E-state index is 0.372. The van der Waals surface area contributed by atoms with E-state index in [4.69, 9.17) is 0 Å². The van der Waals surface area contributed by atoms with Gasteiger partial charge in [0.05, 0.1) is 0 Å².